The van der Waals surface area contributed by atoms with E-state index in [-0.39, 0.29) is 5.75 Å². The lowest BCUT2D eigenvalue weighted by Crippen LogP contribution is -2.10. The standard InChI is InChI=1S/C16H20O2/c1-3-12(4-2)11-18-16-10-14-8-6-5-7-13(14)9-15(16)17/h5-10,12,17H,3-4,11H2,1-2H3. The predicted octanol–water partition coefficient (Wildman–Crippen LogP) is 4.36. The molecule has 0 fully saturated rings. The zero-order valence-electron chi connectivity index (χ0n) is 11.0. The fourth-order valence-corrected chi connectivity index (χ4v) is 2.06. The maximum absolute atomic E-state index is 9.94. The Labute approximate surface area is 108 Å². The number of hydrogen-bond acceptors (Lipinski definition) is 2. The molecule has 0 saturated carbocycles. The van der Waals surface area contributed by atoms with Crippen LogP contribution in [0.1, 0.15) is 26.7 Å². The number of phenolic OH excluding ortho intramolecular Hbond substituents is 1. The first-order valence-corrected chi connectivity index (χ1v) is 6.59. The largest absolute Gasteiger partial charge is 0.504 e. The van der Waals surface area contributed by atoms with E-state index in [0.717, 1.165) is 23.6 Å². The summed E-state index contributed by atoms with van der Waals surface area (Å²) in [6.07, 6.45) is 2.20. The minimum Gasteiger partial charge on any atom is -0.504 e. The highest BCUT2D eigenvalue weighted by Crippen LogP contribution is 2.31. The first kappa shape index (κ1) is 12.7. The molecule has 0 aliphatic heterocycles. The maximum Gasteiger partial charge on any atom is 0.161 e. The Balaban J connectivity index is 2.20. The van der Waals surface area contributed by atoms with Gasteiger partial charge in [-0.15, -0.1) is 0 Å². The Morgan fingerprint density at radius 3 is 2.28 bits per heavy atom. The third-order valence-corrected chi connectivity index (χ3v) is 3.46. The molecule has 0 saturated heterocycles. The summed E-state index contributed by atoms with van der Waals surface area (Å²) in [5, 5.41) is 12.1. The smallest absolute Gasteiger partial charge is 0.161 e. The van der Waals surface area contributed by atoms with E-state index in [1.54, 1.807) is 6.07 Å². The second kappa shape index (κ2) is 5.76. The zero-order chi connectivity index (χ0) is 13.0. The van der Waals surface area contributed by atoms with Gasteiger partial charge in [0.05, 0.1) is 6.61 Å². The number of rotatable bonds is 5. The normalized spacial score (nSPS) is 11.1. The van der Waals surface area contributed by atoms with Crippen molar-refractivity contribution < 1.29 is 9.84 Å². The van der Waals surface area contributed by atoms with Gasteiger partial charge in [0.2, 0.25) is 0 Å². The van der Waals surface area contributed by atoms with E-state index in [2.05, 4.69) is 13.8 Å². The Morgan fingerprint density at radius 2 is 1.67 bits per heavy atom. The maximum atomic E-state index is 9.94. The summed E-state index contributed by atoms with van der Waals surface area (Å²) < 4.78 is 5.74. The Morgan fingerprint density at radius 1 is 1.06 bits per heavy atom. The highest BCUT2D eigenvalue weighted by atomic mass is 16.5. The molecule has 96 valence electrons. The van der Waals surface area contributed by atoms with Crippen LogP contribution in [0.3, 0.4) is 0 Å². The highest BCUT2D eigenvalue weighted by molar-refractivity contribution is 5.85. The van der Waals surface area contributed by atoms with Crippen LogP contribution >= 0.6 is 0 Å². The molecule has 0 bridgehead atoms. The summed E-state index contributed by atoms with van der Waals surface area (Å²) in [6.45, 7) is 4.99. The van der Waals surface area contributed by atoms with Crippen molar-refractivity contribution in [2.75, 3.05) is 6.61 Å². The van der Waals surface area contributed by atoms with Gasteiger partial charge in [0, 0.05) is 0 Å². The molecule has 18 heavy (non-hydrogen) atoms. The van der Waals surface area contributed by atoms with Crippen molar-refractivity contribution in [2.45, 2.75) is 26.7 Å². The summed E-state index contributed by atoms with van der Waals surface area (Å²) in [7, 11) is 0. The molecule has 0 atom stereocenters. The average Bonchev–Trinajstić information content (AvgIpc) is 2.40. The van der Waals surface area contributed by atoms with Gasteiger partial charge in [-0.05, 0) is 28.8 Å². The van der Waals surface area contributed by atoms with E-state index in [1.807, 2.05) is 30.3 Å². The molecule has 0 unspecified atom stereocenters. The highest BCUT2D eigenvalue weighted by Gasteiger charge is 2.08. The van der Waals surface area contributed by atoms with Crippen molar-refractivity contribution in [1.82, 2.24) is 0 Å². The number of benzene rings is 2. The minimum atomic E-state index is 0.222. The summed E-state index contributed by atoms with van der Waals surface area (Å²) >= 11 is 0. The van der Waals surface area contributed by atoms with Gasteiger partial charge in [0.15, 0.2) is 11.5 Å². The van der Waals surface area contributed by atoms with Gasteiger partial charge in [-0.1, -0.05) is 51.0 Å². The SMILES string of the molecule is CCC(CC)COc1cc2ccccc2cc1O. The molecule has 0 spiro atoms. The van der Waals surface area contributed by atoms with E-state index in [0.29, 0.717) is 18.3 Å². The second-order valence-corrected chi connectivity index (χ2v) is 4.66. The van der Waals surface area contributed by atoms with Gasteiger partial charge < -0.3 is 9.84 Å². The molecule has 0 aromatic heterocycles. The molecule has 2 rings (SSSR count). The monoisotopic (exact) mass is 244 g/mol. The van der Waals surface area contributed by atoms with Gasteiger partial charge in [0.1, 0.15) is 0 Å². The fraction of sp³-hybridized carbons (Fsp3) is 0.375. The number of aromatic hydroxyl groups is 1. The van der Waals surface area contributed by atoms with Crippen LogP contribution in [-0.4, -0.2) is 11.7 Å². The lowest BCUT2D eigenvalue weighted by molar-refractivity contribution is 0.232. The van der Waals surface area contributed by atoms with Gasteiger partial charge >= 0.3 is 0 Å². The van der Waals surface area contributed by atoms with E-state index in [9.17, 15) is 5.11 Å². The van der Waals surface area contributed by atoms with Crippen molar-refractivity contribution in [1.29, 1.82) is 0 Å². The van der Waals surface area contributed by atoms with Crippen LogP contribution in [0.4, 0.5) is 0 Å². The quantitative estimate of drug-likeness (QED) is 0.846. The van der Waals surface area contributed by atoms with Gasteiger partial charge in [-0.25, -0.2) is 0 Å². The van der Waals surface area contributed by atoms with Gasteiger partial charge in [0.25, 0.3) is 0 Å². The Kier molecular flexibility index (Phi) is 4.08. The predicted molar refractivity (Wildman–Crippen MR) is 75.2 cm³/mol. The van der Waals surface area contributed by atoms with Crippen molar-refractivity contribution in [3.05, 3.63) is 36.4 Å². The van der Waals surface area contributed by atoms with Gasteiger partial charge in [-0.3, -0.25) is 0 Å². The first-order chi connectivity index (χ1) is 8.74. The molecule has 2 nitrogen and oxygen atoms in total. The molecule has 0 radical (unpaired) electrons. The molecule has 2 heteroatoms. The third-order valence-electron chi connectivity index (χ3n) is 3.46. The van der Waals surface area contributed by atoms with Crippen LogP contribution in [0.5, 0.6) is 11.5 Å². The van der Waals surface area contributed by atoms with E-state index < -0.39 is 0 Å². The van der Waals surface area contributed by atoms with Crippen molar-refractivity contribution >= 4 is 10.8 Å². The van der Waals surface area contributed by atoms with Crippen molar-refractivity contribution in [2.24, 2.45) is 5.92 Å². The van der Waals surface area contributed by atoms with Crippen LogP contribution in [0.2, 0.25) is 0 Å². The summed E-state index contributed by atoms with van der Waals surface area (Å²) in [5.74, 6) is 1.36. The number of phenols is 1. The molecule has 2 aromatic carbocycles. The lowest BCUT2D eigenvalue weighted by Gasteiger charge is -2.15. The molecular weight excluding hydrogens is 224 g/mol. The summed E-state index contributed by atoms with van der Waals surface area (Å²) in [6, 6.07) is 11.6. The van der Waals surface area contributed by atoms with E-state index in [4.69, 9.17) is 4.74 Å². The van der Waals surface area contributed by atoms with E-state index in [1.165, 1.54) is 0 Å². The number of fused-ring (bicyclic) bond motifs is 1. The van der Waals surface area contributed by atoms with Crippen LogP contribution in [0.15, 0.2) is 36.4 Å². The summed E-state index contributed by atoms with van der Waals surface area (Å²) in [4.78, 5) is 0. The van der Waals surface area contributed by atoms with Crippen LogP contribution in [0.25, 0.3) is 10.8 Å². The van der Waals surface area contributed by atoms with Crippen LogP contribution in [0, 0.1) is 5.92 Å². The van der Waals surface area contributed by atoms with Crippen molar-refractivity contribution in [3.63, 3.8) is 0 Å². The average molecular weight is 244 g/mol. The molecule has 2 aromatic rings. The number of ether oxygens (including phenoxy) is 1. The molecule has 0 aliphatic rings. The molecule has 0 heterocycles. The van der Waals surface area contributed by atoms with Crippen LogP contribution < -0.4 is 4.74 Å². The third kappa shape index (κ3) is 2.76. The van der Waals surface area contributed by atoms with Crippen molar-refractivity contribution in [3.8, 4) is 11.5 Å². The second-order valence-electron chi connectivity index (χ2n) is 4.66. The molecule has 0 amide bonds. The zero-order valence-corrected chi connectivity index (χ0v) is 11.0. The minimum absolute atomic E-state index is 0.222. The fourth-order valence-electron chi connectivity index (χ4n) is 2.06. The van der Waals surface area contributed by atoms with Gasteiger partial charge in [-0.2, -0.15) is 0 Å². The molecule has 1 N–H and O–H groups in total. The molecular formula is C16H20O2. The summed E-state index contributed by atoms with van der Waals surface area (Å²) in [5.41, 5.74) is 0. The van der Waals surface area contributed by atoms with Crippen LogP contribution in [-0.2, 0) is 0 Å². The van der Waals surface area contributed by atoms with E-state index >= 15 is 0 Å². The molecule has 0 aliphatic carbocycles. The Bertz CT molecular complexity index is 515. The topological polar surface area (TPSA) is 29.5 Å². The lowest BCUT2D eigenvalue weighted by atomic mass is 10.1. The first-order valence-electron chi connectivity index (χ1n) is 6.59. The Hall–Kier alpha value is -1.70. The number of hydrogen-bond donors (Lipinski definition) is 1.